The molecule has 9 heteroatoms. The molecule has 0 aliphatic carbocycles. The number of aromatic nitrogens is 4. The van der Waals surface area contributed by atoms with Gasteiger partial charge in [0.15, 0.2) is 11.8 Å². The van der Waals surface area contributed by atoms with E-state index >= 15 is 0 Å². The summed E-state index contributed by atoms with van der Waals surface area (Å²) in [5.74, 6) is 3.65. The van der Waals surface area contributed by atoms with Gasteiger partial charge in [-0.15, -0.1) is 34.2 Å². The number of aryl methyl sites for hydroxylation is 1. The zero-order valence-corrected chi connectivity index (χ0v) is 17.9. The zero-order valence-electron chi connectivity index (χ0n) is 15.5. The first-order chi connectivity index (χ1) is 12.8. The lowest BCUT2D eigenvalue weighted by Gasteiger charge is -2.22. The number of fused-ring (bicyclic) bond motifs is 1. The molecule has 27 heavy (non-hydrogen) atoms. The quantitative estimate of drug-likeness (QED) is 0.407. The molecule has 4 heterocycles. The molecule has 0 aromatic carbocycles. The Labute approximate surface area is 176 Å². The van der Waals surface area contributed by atoms with Gasteiger partial charge in [0, 0.05) is 45.2 Å². The number of ether oxygens (including phenoxy) is 1. The first-order valence-corrected chi connectivity index (χ1v) is 9.28. The van der Waals surface area contributed by atoms with Gasteiger partial charge in [-0.25, -0.2) is 4.98 Å². The molecule has 0 bridgehead atoms. The van der Waals surface area contributed by atoms with E-state index in [1.54, 1.807) is 6.20 Å². The summed E-state index contributed by atoms with van der Waals surface area (Å²) in [5, 5.41) is 12.1. The SMILES string of the molecule is CN=C(NCc1nnc2n1CCCC2)N1CCC(Oc2ccccn2)C1.I. The average Bonchev–Trinajstić information content (AvgIpc) is 3.31. The molecule has 0 spiro atoms. The number of nitrogens with one attached hydrogen (secondary N) is 1. The number of hydrogen-bond donors (Lipinski definition) is 1. The molecule has 2 aliphatic rings. The molecule has 2 aromatic heterocycles. The predicted molar refractivity (Wildman–Crippen MR) is 113 cm³/mol. The monoisotopic (exact) mass is 483 g/mol. The van der Waals surface area contributed by atoms with Crippen molar-refractivity contribution < 1.29 is 4.74 Å². The zero-order chi connectivity index (χ0) is 17.8. The highest BCUT2D eigenvalue weighted by Gasteiger charge is 2.27. The van der Waals surface area contributed by atoms with E-state index in [1.807, 2.05) is 25.2 Å². The van der Waals surface area contributed by atoms with Crippen molar-refractivity contribution in [1.82, 2.24) is 30.0 Å². The number of pyridine rings is 1. The minimum absolute atomic E-state index is 0. The van der Waals surface area contributed by atoms with Gasteiger partial charge in [-0.05, 0) is 18.9 Å². The first-order valence-electron chi connectivity index (χ1n) is 9.28. The van der Waals surface area contributed by atoms with E-state index in [-0.39, 0.29) is 30.1 Å². The van der Waals surface area contributed by atoms with Crippen molar-refractivity contribution in [3.05, 3.63) is 36.0 Å². The molecule has 0 amide bonds. The largest absolute Gasteiger partial charge is 0.472 e. The molecule has 1 atom stereocenters. The number of aliphatic imine (C=N–C) groups is 1. The summed E-state index contributed by atoms with van der Waals surface area (Å²) in [4.78, 5) is 10.9. The van der Waals surface area contributed by atoms with Crippen molar-refractivity contribution in [1.29, 1.82) is 0 Å². The summed E-state index contributed by atoms with van der Waals surface area (Å²) < 4.78 is 8.20. The van der Waals surface area contributed by atoms with Crippen LogP contribution in [0.25, 0.3) is 0 Å². The van der Waals surface area contributed by atoms with Gasteiger partial charge in [0.05, 0.1) is 13.1 Å². The Bertz CT molecular complexity index is 764. The Hall–Kier alpha value is -1.91. The summed E-state index contributed by atoms with van der Waals surface area (Å²) >= 11 is 0. The van der Waals surface area contributed by atoms with E-state index < -0.39 is 0 Å². The van der Waals surface area contributed by atoms with E-state index in [0.717, 1.165) is 50.1 Å². The number of hydrogen-bond acceptors (Lipinski definition) is 5. The van der Waals surface area contributed by atoms with E-state index in [1.165, 1.54) is 12.8 Å². The number of rotatable bonds is 4. The fourth-order valence-electron chi connectivity index (χ4n) is 3.59. The fraction of sp³-hybridized carbons (Fsp3) is 0.556. The van der Waals surface area contributed by atoms with Crippen molar-refractivity contribution in [3.8, 4) is 5.88 Å². The summed E-state index contributed by atoms with van der Waals surface area (Å²) in [6.45, 7) is 3.37. The molecule has 1 N–H and O–H groups in total. The minimum atomic E-state index is 0. The molecule has 0 saturated carbocycles. The lowest BCUT2D eigenvalue weighted by atomic mass is 10.2. The van der Waals surface area contributed by atoms with Gasteiger partial charge >= 0.3 is 0 Å². The minimum Gasteiger partial charge on any atom is -0.472 e. The van der Waals surface area contributed by atoms with Gasteiger partial charge < -0.3 is 19.5 Å². The lowest BCUT2D eigenvalue weighted by Crippen LogP contribution is -2.41. The smallest absolute Gasteiger partial charge is 0.213 e. The Morgan fingerprint density at radius 2 is 2.22 bits per heavy atom. The highest BCUT2D eigenvalue weighted by atomic mass is 127. The first kappa shape index (κ1) is 19.8. The van der Waals surface area contributed by atoms with Crippen LogP contribution >= 0.6 is 24.0 Å². The molecule has 0 radical (unpaired) electrons. The van der Waals surface area contributed by atoms with Gasteiger partial charge in [0.2, 0.25) is 5.88 Å². The van der Waals surface area contributed by atoms with Crippen molar-refractivity contribution in [2.45, 2.75) is 44.9 Å². The predicted octanol–water partition coefficient (Wildman–Crippen LogP) is 1.86. The Kier molecular flexibility index (Phi) is 6.86. The van der Waals surface area contributed by atoms with Crippen LogP contribution in [0.3, 0.4) is 0 Å². The molecule has 1 fully saturated rings. The van der Waals surface area contributed by atoms with Crippen LogP contribution in [0, 0.1) is 0 Å². The Balaban J connectivity index is 0.00000210. The molecule has 4 rings (SSSR count). The van der Waals surface area contributed by atoms with Crippen LogP contribution in [0.2, 0.25) is 0 Å². The topological polar surface area (TPSA) is 80.5 Å². The Morgan fingerprint density at radius 3 is 3.04 bits per heavy atom. The second kappa shape index (κ2) is 9.34. The summed E-state index contributed by atoms with van der Waals surface area (Å²) in [7, 11) is 1.81. The van der Waals surface area contributed by atoms with E-state index in [4.69, 9.17) is 4.74 Å². The number of guanidine groups is 1. The van der Waals surface area contributed by atoms with Crippen molar-refractivity contribution in [3.63, 3.8) is 0 Å². The van der Waals surface area contributed by atoms with Crippen LogP contribution < -0.4 is 10.1 Å². The lowest BCUT2D eigenvalue weighted by molar-refractivity contribution is 0.205. The van der Waals surface area contributed by atoms with Crippen molar-refractivity contribution in [2.24, 2.45) is 4.99 Å². The highest BCUT2D eigenvalue weighted by Crippen LogP contribution is 2.17. The van der Waals surface area contributed by atoms with E-state index in [0.29, 0.717) is 12.4 Å². The van der Waals surface area contributed by atoms with Crippen LogP contribution in [0.1, 0.15) is 30.9 Å². The van der Waals surface area contributed by atoms with Crippen LogP contribution in [-0.4, -0.2) is 56.8 Å². The standard InChI is InChI=1S/C18H25N7O.HI/c1-19-18(21-12-16-23-22-15-6-3-5-10-25(15)16)24-11-8-14(13-24)26-17-7-2-4-9-20-17;/h2,4,7,9,14H,3,5-6,8,10-13H2,1H3,(H,19,21);1H. The maximum absolute atomic E-state index is 5.96. The van der Waals surface area contributed by atoms with E-state index in [2.05, 4.69) is 35.0 Å². The van der Waals surface area contributed by atoms with Gasteiger partial charge in [-0.3, -0.25) is 4.99 Å². The molecule has 2 aromatic rings. The normalized spacial score (nSPS) is 19.4. The third-order valence-corrected chi connectivity index (χ3v) is 4.92. The fourth-order valence-corrected chi connectivity index (χ4v) is 3.59. The van der Waals surface area contributed by atoms with Gasteiger partial charge in [0.25, 0.3) is 0 Å². The number of likely N-dealkylation sites (tertiary alicyclic amines) is 1. The van der Waals surface area contributed by atoms with Crippen LogP contribution in [-0.2, 0) is 19.5 Å². The third-order valence-electron chi connectivity index (χ3n) is 4.92. The average molecular weight is 483 g/mol. The third kappa shape index (κ3) is 4.69. The molecular formula is C18H26IN7O. The van der Waals surface area contributed by atoms with Crippen LogP contribution in [0.4, 0.5) is 0 Å². The van der Waals surface area contributed by atoms with Crippen LogP contribution in [0.15, 0.2) is 29.4 Å². The van der Waals surface area contributed by atoms with Gasteiger partial charge in [-0.2, -0.15) is 0 Å². The Morgan fingerprint density at radius 1 is 1.30 bits per heavy atom. The number of halogens is 1. The number of nitrogens with zero attached hydrogens (tertiary/aromatic N) is 6. The second-order valence-electron chi connectivity index (χ2n) is 6.68. The van der Waals surface area contributed by atoms with Crippen LogP contribution in [0.5, 0.6) is 5.88 Å². The molecule has 1 unspecified atom stereocenters. The molecule has 8 nitrogen and oxygen atoms in total. The molecule has 1 saturated heterocycles. The highest BCUT2D eigenvalue weighted by molar-refractivity contribution is 14.0. The summed E-state index contributed by atoms with van der Waals surface area (Å²) in [5.41, 5.74) is 0. The molecule has 146 valence electrons. The van der Waals surface area contributed by atoms with Gasteiger partial charge in [-0.1, -0.05) is 6.07 Å². The summed E-state index contributed by atoms with van der Waals surface area (Å²) in [6.07, 6.45) is 6.27. The molecular weight excluding hydrogens is 457 g/mol. The van der Waals surface area contributed by atoms with Crippen molar-refractivity contribution >= 4 is 29.9 Å². The second-order valence-corrected chi connectivity index (χ2v) is 6.68. The maximum atomic E-state index is 5.96. The summed E-state index contributed by atoms with van der Waals surface area (Å²) in [6, 6.07) is 5.72. The van der Waals surface area contributed by atoms with E-state index in [9.17, 15) is 0 Å². The maximum Gasteiger partial charge on any atom is 0.213 e. The van der Waals surface area contributed by atoms with Crippen molar-refractivity contribution in [2.75, 3.05) is 20.1 Å². The molecule has 2 aliphatic heterocycles. The van der Waals surface area contributed by atoms with Gasteiger partial charge in [0.1, 0.15) is 11.9 Å².